The molecule has 112 valence electrons. The summed E-state index contributed by atoms with van der Waals surface area (Å²) in [6.45, 7) is 3.24. The SMILES string of the molecule is CCC(CO)(CO)NCC(=O)Nc1cc(Cl)ccc1C. The summed E-state index contributed by atoms with van der Waals surface area (Å²) in [5, 5.41) is 24.8. The van der Waals surface area contributed by atoms with E-state index in [0.717, 1.165) is 5.56 Å². The number of carbonyl (C=O) groups excluding carboxylic acids is 1. The Kier molecular flexibility index (Phi) is 6.42. The molecule has 0 saturated carbocycles. The molecule has 5 nitrogen and oxygen atoms in total. The molecule has 1 rings (SSSR count). The van der Waals surface area contributed by atoms with Crippen molar-refractivity contribution in [1.29, 1.82) is 0 Å². The van der Waals surface area contributed by atoms with Crippen LogP contribution in [0.15, 0.2) is 18.2 Å². The predicted octanol–water partition coefficient (Wildman–Crippen LogP) is 1.31. The number of aliphatic hydroxyl groups is 2. The molecule has 4 N–H and O–H groups in total. The fourth-order valence-corrected chi connectivity index (χ4v) is 1.87. The highest BCUT2D eigenvalue weighted by atomic mass is 35.5. The van der Waals surface area contributed by atoms with E-state index in [2.05, 4.69) is 10.6 Å². The molecule has 20 heavy (non-hydrogen) atoms. The number of nitrogens with one attached hydrogen (secondary N) is 2. The number of rotatable bonds is 7. The zero-order valence-corrected chi connectivity index (χ0v) is 12.5. The van der Waals surface area contributed by atoms with Gasteiger partial charge in [-0.05, 0) is 31.0 Å². The topological polar surface area (TPSA) is 81.6 Å². The minimum Gasteiger partial charge on any atom is -0.394 e. The zero-order valence-electron chi connectivity index (χ0n) is 11.7. The molecule has 0 spiro atoms. The van der Waals surface area contributed by atoms with E-state index in [9.17, 15) is 15.0 Å². The van der Waals surface area contributed by atoms with E-state index < -0.39 is 5.54 Å². The van der Waals surface area contributed by atoms with Crippen molar-refractivity contribution in [2.75, 3.05) is 25.1 Å². The van der Waals surface area contributed by atoms with Crippen LogP contribution in [-0.4, -0.2) is 41.4 Å². The van der Waals surface area contributed by atoms with Crippen molar-refractivity contribution in [1.82, 2.24) is 5.32 Å². The van der Waals surface area contributed by atoms with Crippen LogP contribution in [0.25, 0.3) is 0 Å². The Morgan fingerprint density at radius 2 is 2.00 bits per heavy atom. The maximum Gasteiger partial charge on any atom is 0.238 e. The molecule has 0 radical (unpaired) electrons. The van der Waals surface area contributed by atoms with Gasteiger partial charge in [-0.1, -0.05) is 24.6 Å². The Balaban J connectivity index is 2.62. The minimum absolute atomic E-state index is 0.000906. The van der Waals surface area contributed by atoms with Gasteiger partial charge in [-0.3, -0.25) is 10.1 Å². The molecule has 0 unspecified atom stereocenters. The van der Waals surface area contributed by atoms with Crippen molar-refractivity contribution in [3.05, 3.63) is 28.8 Å². The highest BCUT2D eigenvalue weighted by Gasteiger charge is 2.26. The summed E-state index contributed by atoms with van der Waals surface area (Å²) >= 11 is 5.88. The van der Waals surface area contributed by atoms with Crippen LogP contribution < -0.4 is 10.6 Å². The molecule has 0 aromatic heterocycles. The highest BCUT2D eigenvalue weighted by molar-refractivity contribution is 6.31. The van der Waals surface area contributed by atoms with Gasteiger partial charge in [0.2, 0.25) is 5.91 Å². The Labute approximate surface area is 124 Å². The second-order valence-corrected chi connectivity index (χ2v) is 5.25. The van der Waals surface area contributed by atoms with E-state index in [-0.39, 0.29) is 25.7 Å². The summed E-state index contributed by atoms with van der Waals surface area (Å²) in [5.74, 6) is -0.255. The van der Waals surface area contributed by atoms with Crippen LogP contribution in [0.5, 0.6) is 0 Å². The molecule has 0 aliphatic heterocycles. The van der Waals surface area contributed by atoms with Crippen molar-refractivity contribution in [3.8, 4) is 0 Å². The molecule has 0 fully saturated rings. The number of amides is 1. The molecule has 1 amide bonds. The van der Waals surface area contributed by atoms with Crippen LogP contribution in [0.4, 0.5) is 5.69 Å². The molecule has 0 aliphatic rings. The fraction of sp³-hybridized carbons (Fsp3) is 0.500. The summed E-state index contributed by atoms with van der Waals surface area (Å²) in [7, 11) is 0. The molecule has 0 bridgehead atoms. The van der Waals surface area contributed by atoms with Gasteiger partial charge in [0.25, 0.3) is 0 Å². The van der Waals surface area contributed by atoms with Crippen LogP contribution >= 0.6 is 11.6 Å². The Hall–Kier alpha value is -1.14. The lowest BCUT2D eigenvalue weighted by atomic mass is 9.98. The van der Waals surface area contributed by atoms with Crippen molar-refractivity contribution in [3.63, 3.8) is 0 Å². The molecule has 0 saturated heterocycles. The Morgan fingerprint density at radius 1 is 1.35 bits per heavy atom. The number of hydrogen-bond acceptors (Lipinski definition) is 4. The minimum atomic E-state index is -0.833. The van der Waals surface area contributed by atoms with E-state index in [4.69, 9.17) is 11.6 Å². The van der Waals surface area contributed by atoms with Gasteiger partial charge in [0, 0.05) is 10.7 Å². The first kappa shape index (κ1) is 16.9. The second-order valence-electron chi connectivity index (χ2n) is 4.81. The van der Waals surface area contributed by atoms with Crippen LogP contribution in [0.3, 0.4) is 0 Å². The molecular formula is C14H21ClN2O3. The van der Waals surface area contributed by atoms with Gasteiger partial charge < -0.3 is 15.5 Å². The first-order valence-electron chi connectivity index (χ1n) is 6.49. The van der Waals surface area contributed by atoms with Crippen LogP contribution in [0.2, 0.25) is 5.02 Å². The molecule has 0 atom stereocenters. The Bertz CT molecular complexity index is 453. The lowest BCUT2D eigenvalue weighted by Crippen LogP contribution is -2.53. The van der Waals surface area contributed by atoms with E-state index >= 15 is 0 Å². The van der Waals surface area contributed by atoms with Gasteiger partial charge >= 0.3 is 0 Å². The average Bonchev–Trinajstić information content (AvgIpc) is 2.45. The predicted molar refractivity (Wildman–Crippen MR) is 80.0 cm³/mol. The molecule has 0 heterocycles. The number of carbonyl (C=O) groups is 1. The van der Waals surface area contributed by atoms with Crippen molar-refractivity contribution in [2.24, 2.45) is 0 Å². The fourth-order valence-electron chi connectivity index (χ4n) is 1.70. The normalized spacial score (nSPS) is 11.4. The van der Waals surface area contributed by atoms with Crippen LogP contribution in [0.1, 0.15) is 18.9 Å². The summed E-state index contributed by atoms with van der Waals surface area (Å²) < 4.78 is 0. The average molecular weight is 301 g/mol. The number of anilines is 1. The van der Waals surface area contributed by atoms with E-state index in [1.165, 1.54) is 0 Å². The van der Waals surface area contributed by atoms with Gasteiger partial charge in [0.15, 0.2) is 0 Å². The van der Waals surface area contributed by atoms with Crippen LogP contribution in [0, 0.1) is 6.92 Å². The summed E-state index contributed by atoms with van der Waals surface area (Å²) in [6, 6.07) is 5.26. The first-order valence-corrected chi connectivity index (χ1v) is 6.87. The Morgan fingerprint density at radius 3 is 2.55 bits per heavy atom. The van der Waals surface area contributed by atoms with E-state index in [1.807, 2.05) is 19.9 Å². The molecule has 6 heteroatoms. The van der Waals surface area contributed by atoms with Crippen molar-refractivity contribution < 1.29 is 15.0 Å². The van der Waals surface area contributed by atoms with Crippen molar-refractivity contribution in [2.45, 2.75) is 25.8 Å². The number of benzene rings is 1. The number of halogens is 1. The number of hydrogen-bond donors (Lipinski definition) is 4. The number of aryl methyl sites for hydroxylation is 1. The van der Waals surface area contributed by atoms with E-state index in [1.54, 1.807) is 12.1 Å². The third-order valence-corrected chi connectivity index (χ3v) is 3.61. The first-order chi connectivity index (χ1) is 9.46. The molecule has 1 aromatic carbocycles. The summed E-state index contributed by atoms with van der Waals surface area (Å²) in [5.41, 5.74) is 0.731. The lowest BCUT2D eigenvalue weighted by Gasteiger charge is -2.29. The van der Waals surface area contributed by atoms with Gasteiger partial charge in [0.05, 0.1) is 25.3 Å². The van der Waals surface area contributed by atoms with Crippen LogP contribution in [-0.2, 0) is 4.79 Å². The third kappa shape index (κ3) is 4.45. The van der Waals surface area contributed by atoms with Gasteiger partial charge in [-0.25, -0.2) is 0 Å². The van der Waals surface area contributed by atoms with E-state index in [0.29, 0.717) is 17.1 Å². The molecular weight excluding hydrogens is 280 g/mol. The highest BCUT2D eigenvalue weighted by Crippen LogP contribution is 2.20. The second kappa shape index (κ2) is 7.59. The summed E-state index contributed by atoms with van der Waals surface area (Å²) in [4.78, 5) is 11.9. The van der Waals surface area contributed by atoms with Gasteiger partial charge in [-0.2, -0.15) is 0 Å². The van der Waals surface area contributed by atoms with Crippen molar-refractivity contribution >= 4 is 23.2 Å². The molecule has 1 aromatic rings. The third-order valence-electron chi connectivity index (χ3n) is 3.38. The van der Waals surface area contributed by atoms with Gasteiger partial charge in [-0.15, -0.1) is 0 Å². The monoisotopic (exact) mass is 300 g/mol. The molecule has 0 aliphatic carbocycles. The lowest BCUT2D eigenvalue weighted by molar-refractivity contribution is -0.116. The standard InChI is InChI=1S/C14H21ClN2O3/c1-3-14(8-18,9-19)16-7-13(20)17-12-6-11(15)5-4-10(12)2/h4-6,16,18-19H,3,7-9H2,1-2H3,(H,17,20). The maximum absolute atomic E-state index is 11.9. The smallest absolute Gasteiger partial charge is 0.238 e. The largest absolute Gasteiger partial charge is 0.394 e. The quantitative estimate of drug-likeness (QED) is 0.612. The van der Waals surface area contributed by atoms with Gasteiger partial charge in [0.1, 0.15) is 0 Å². The summed E-state index contributed by atoms with van der Waals surface area (Å²) in [6.07, 6.45) is 0.517. The number of aliphatic hydroxyl groups excluding tert-OH is 2. The zero-order chi connectivity index (χ0) is 15.2. The maximum atomic E-state index is 11.9.